The lowest BCUT2D eigenvalue weighted by molar-refractivity contribution is 0.0942. The molecule has 0 aliphatic carbocycles. The lowest BCUT2D eigenvalue weighted by Crippen LogP contribution is -2.25. The number of benzene rings is 1. The molecule has 0 atom stereocenters. The molecule has 134 valence electrons. The summed E-state index contributed by atoms with van der Waals surface area (Å²) >= 11 is 5.97. The number of amides is 1. The first-order chi connectivity index (χ1) is 13.2. The molecule has 7 heteroatoms. The highest BCUT2D eigenvalue weighted by molar-refractivity contribution is 6.30. The number of rotatable bonds is 5. The Labute approximate surface area is 160 Å². The number of nitrogens with zero attached hydrogens (tertiary/aromatic N) is 3. The van der Waals surface area contributed by atoms with Gasteiger partial charge in [0.2, 0.25) is 0 Å². The van der Waals surface area contributed by atoms with Crippen LogP contribution in [0.2, 0.25) is 5.02 Å². The Morgan fingerprint density at radius 1 is 1.11 bits per heavy atom. The second-order valence-corrected chi connectivity index (χ2v) is 6.22. The second-order valence-electron chi connectivity index (χ2n) is 5.78. The molecule has 0 radical (unpaired) electrons. The van der Waals surface area contributed by atoms with Gasteiger partial charge in [0, 0.05) is 17.3 Å². The molecular formula is C20H15ClN4O2. The summed E-state index contributed by atoms with van der Waals surface area (Å²) in [5.41, 5.74) is 2.45. The SMILES string of the molecule is O=C(NCc1ccccn1)c1cc(-c2ccco2)nn1-c1ccc(Cl)cc1. The molecule has 6 nitrogen and oxygen atoms in total. The van der Waals surface area contributed by atoms with Gasteiger partial charge in [-0.15, -0.1) is 0 Å². The first kappa shape index (κ1) is 17.1. The van der Waals surface area contributed by atoms with Gasteiger partial charge in [0.1, 0.15) is 11.4 Å². The van der Waals surface area contributed by atoms with Crippen LogP contribution in [0, 0.1) is 0 Å². The molecule has 4 aromatic rings. The summed E-state index contributed by atoms with van der Waals surface area (Å²) in [5.74, 6) is 0.322. The fourth-order valence-electron chi connectivity index (χ4n) is 2.63. The van der Waals surface area contributed by atoms with Crippen LogP contribution in [0.25, 0.3) is 17.1 Å². The molecule has 0 bridgehead atoms. The van der Waals surface area contributed by atoms with Crippen molar-refractivity contribution in [3.05, 3.63) is 89.5 Å². The molecule has 0 aliphatic rings. The second kappa shape index (κ2) is 7.47. The highest BCUT2D eigenvalue weighted by atomic mass is 35.5. The Hall–Kier alpha value is -3.38. The fourth-order valence-corrected chi connectivity index (χ4v) is 2.76. The number of aromatic nitrogens is 3. The summed E-state index contributed by atoms with van der Waals surface area (Å²) in [6.45, 7) is 0.321. The zero-order valence-corrected chi connectivity index (χ0v) is 14.9. The van der Waals surface area contributed by atoms with Crippen LogP contribution in [0.1, 0.15) is 16.2 Å². The van der Waals surface area contributed by atoms with Crippen molar-refractivity contribution in [2.24, 2.45) is 0 Å². The Kier molecular flexibility index (Phi) is 4.72. The lowest BCUT2D eigenvalue weighted by atomic mass is 10.2. The van der Waals surface area contributed by atoms with E-state index in [-0.39, 0.29) is 5.91 Å². The van der Waals surface area contributed by atoms with Crippen molar-refractivity contribution in [1.29, 1.82) is 0 Å². The van der Waals surface area contributed by atoms with E-state index < -0.39 is 0 Å². The summed E-state index contributed by atoms with van der Waals surface area (Å²) < 4.78 is 6.98. The molecule has 0 saturated carbocycles. The standard InChI is InChI=1S/C20H15ClN4O2/c21-14-6-8-16(9-7-14)25-18(12-17(24-25)19-5-3-11-27-19)20(26)23-13-15-4-1-2-10-22-15/h1-12H,13H2,(H,23,26). The Bertz CT molecular complexity index is 1040. The number of nitrogens with one attached hydrogen (secondary N) is 1. The maximum absolute atomic E-state index is 12.8. The van der Waals surface area contributed by atoms with E-state index >= 15 is 0 Å². The topological polar surface area (TPSA) is 73.0 Å². The van der Waals surface area contributed by atoms with Crippen LogP contribution in [-0.2, 0) is 6.54 Å². The van der Waals surface area contributed by atoms with E-state index in [1.165, 1.54) is 0 Å². The maximum Gasteiger partial charge on any atom is 0.270 e. The van der Waals surface area contributed by atoms with E-state index in [4.69, 9.17) is 16.0 Å². The van der Waals surface area contributed by atoms with Crippen molar-refractivity contribution in [3.8, 4) is 17.1 Å². The number of carbonyl (C=O) groups is 1. The highest BCUT2D eigenvalue weighted by Gasteiger charge is 2.18. The normalized spacial score (nSPS) is 10.7. The minimum Gasteiger partial charge on any atom is -0.463 e. The minimum atomic E-state index is -0.263. The van der Waals surface area contributed by atoms with E-state index in [2.05, 4.69) is 15.4 Å². The third-order valence-electron chi connectivity index (χ3n) is 3.94. The fraction of sp³-hybridized carbons (Fsp3) is 0.0500. The van der Waals surface area contributed by atoms with Gasteiger partial charge in [-0.25, -0.2) is 4.68 Å². The third kappa shape index (κ3) is 3.75. The molecule has 3 aromatic heterocycles. The van der Waals surface area contributed by atoms with Crippen LogP contribution >= 0.6 is 11.6 Å². The first-order valence-corrected chi connectivity index (χ1v) is 8.66. The smallest absolute Gasteiger partial charge is 0.270 e. The van der Waals surface area contributed by atoms with E-state index in [9.17, 15) is 4.79 Å². The first-order valence-electron chi connectivity index (χ1n) is 8.29. The maximum atomic E-state index is 12.8. The molecule has 3 heterocycles. The third-order valence-corrected chi connectivity index (χ3v) is 4.20. The van der Waals surface area contributed by atoms with Gasteiger partial charge < -0.3 is 9.73 Å². The Balaban J connectivity index is 1.67. The molecule has 4 rings (SSSR count). The van der Waals surface area contributed by atoms with E-state index in [1.807, 2.05) is 18.2 Å². The quantitative estimate of drug-likeness (QED) is 0.567. The predicted octanol–water partition coefficient (Wildman–Crippen LogP) is 4.11. The number of carbonyl (C=O) groups excluding carboxylic acids is 1. The molecule has 0 saturated heterocycles. The zero-order valence-electron chi connectivity index (χ0n) is 14.2. The molecule has 1 N–H and O–H groups in total. The predicted molar refractivity (Wildman–Crippen MR) is 102 cm³/mol. The molecular weight excluding hydrogens is 364 g/mol. The number of halogens is 1. The van der Waals surface area contributed by atoms with Gasteiger partial charge in [-0.1, -0.05) is 17.7 Å². The van der Waals surface area contributed by atoms with Crippen LogP contribution in [0.3, 0.4) is 0 Å². The number of hydrogen-bond acceptors (Lipinski definition) is 4. The Morgan fingerprint density at radius 2 is 1.96 bits per heavy atom. The van der Waals surface area contributed by atoms with Crippen molar-refractivity contribution < 1.29 is 9.21 Å². The van der Waals surface area contributed by atoms with Gasteiger partial charge in [0.25, 0.3) is 5.91 Å². The summed E-state index contributed by atoms with van der Waals surface area (Å²) in [6, 6.07) is 17.9. The molecule has 1 aromatic carbocycles. The molecule has 0 unspecified atom stereocenters. The lowest BCUT2D eigenvalue weighted by Gasteiger charge is -2.08. The van der Waals surface area contributed by atoms with Gasteiger partial charge in [-0.3, -0.25) is 9.78 Å². The average Bonchev–Trinajstić information content (AvgIpc) is 3.37. The van der Waals surface area contributed by atoms with Crippen molar-refractivity contribution in [1.82, 2.24) is 20.1 Å². The van der Waals surface area contributed by atoms with Crippen molar-refractivity contribution in [2.75, 3.05) is 0 Å². The van der Waals surface area contributed by atoms with E-state index in [0.717, 1.165) is 11.4 Å². The minimum absolute atomic E-state index is 0.263. The zero-order chi connectivity index (χ0) is 18.6. The van der Waals surface area contributed by atoms with Crippen molar-refractivity contribution in [3.63, 3.8) is 0 Å². The van der Waals surface area contributed by atoms with Crippen molar-refractivity contribution in [2.45, 2.75) is 6.54 Å². The number of pyridine rings is 1. The molecule has 0 aliphatic heterocycles. The summed E-state index contributed by atoms with van der Waals surface area (Å²) in [5, 5.41) is 8.02. The van der Waals surface area contributed by atoms with Gasteiger partial charge in [0.05, 0.1) is 24.2 Å². The van der Waals surface area contributed by atoms with Crippen molar-refractivity contribution >= 4 is 17.5 Å². The summed E-state index contributed by atoms with van der Waals surface area (Å²) in [6.07, 6.45) is 3.26. The number of hydrogen-bond donors (Lipinski definition) is 1. The van der Waals surface area contributed by atoms with Crippen LogP contribution < -0.4 is 5.32 Å². The van der Waals surface area contributed by atoms with E-state index in [1.54, 1.807) is 59.6 Å². The largest absolute Gasteiger partial charge is 0.463 e. The van der Waals surface area contributed by atoms with E-state index in [0.29, 0.717) is 28.7 Å². The van der Waals surface area contributed by atoms with Gasteiger partial charge in [-0.05, 0) is 48.5 Å². The molecule has 27 heavy (non-hydrogen) atoms. The van der Waals surface area contributed by atoms with Crippen LogP contribution in [0.4, 0.5) is 0 Å². The molecule has 0 spiro atoms. The molecule has 0 fully saturated rings. The summed E-state index contributed by atoms with van der Waals surface area (Å²) in [7, 11) is 0. The number of furan rings is 1. The van der Waals surface area contributed by atoms with Crippen LogP contribution in [0.15, 0.2) is 77.5 Å². The summed E-state index contributed by atoms with van der Waals surface area (Å²) in [4.78, 5) is 17.0. The van der Waals surface area contributed by atoms with Crippen LogP contribution in [-0.4, -0.2) is 20.7 Å². The van der Waals surface area contributed by atoms with Gasteiger partial charge >= 0.3 is 0 Å². The Morgan fingerprint density at radius 3 is 2.67 bits per heavy atom. The molecule has 1 amide bonds. The monoisotopic (exact) mass is 378 g/mol. The van der Waals surface area contributed by atoms with Gasteiger partial charge in [-0.2, -0.15) is 5.10 Å². The highest BCUT2D eigenvalue weighted by Crippen LogP contribution is 2.23. The van der Waals surface area contributed by atoms with Crippen LogP contribution in [0.5, 0.6) is 0 Å². The average molecular weight is 379 g/mol. The van der Waals surface area contributed by atoms with Gasteiger partial charge in [0.15, 0.2) is 5.76 Å².